The van der Waals surface area contributed by atoms with Crippen molar-refractivity contribution < 1.29 is 14.3 Å². The highest BCUT2D eigenvalue weighted by Gasteiger charge is 2.15. The maximum absolute atomic E-state index is 12.0. The molecule has 1 atom stereocenters. The topological polar surface area (TPSA) is 72.5 Å². The van der Waals surface area contributed by atoms with Gasteiger partial charge in [-0.2, -0.15) is 0 Å². The molecule has 2 heterocycles. The van der Waals surface area contributed by atoms with E-state index in [1.54, 1.807) is 19.5 Å². The van der Waals surface area contributed by atoms with E-state index >= 15 is 0 Å². The van der Waals surface area contributed by atoms with Crippen LogP contribution in [-0.2, 0) is 9.47 Å². The van der Waals surface area contributed by atoms with Crippen molar-refractivity contribution in [3.05, 3.63) is 24.0 Å². The Labute approximate surface area is 125 Å². The molecule has 0 saturated carbocycles. The Bertz CT molecular complexity index is 448. The number of nitrogens with zero attached hydrogens (tertiary/aromatic N) is 1. The van der Waals surface area contributed by atoms with Crippen molar-refractivity contribution in [1.82, 2.24) is 10.3 Å². The Balaban J connectivity index is 1.80. The first-order valence-corrected chi connectivity index (χ1v) is 7.37. The van der Waals surface area contributed by atoms with Crippen molar-refractivity contribution in [2.24, 2.45) is 0 Å². The van der Waals surface area contributed by atoms with Crippen molar-refractivity contribution in [3.63, 3.8) is 0 Å². The number of hydrogen-bond donors (Lipinski definition) is 2. The quantitative estimate of drug-likeness (QED) is 0.710. The van der Waals surface area contributed by atoms with Crippen LogP contribution in [0.5, 0.6) is 0 Å². The second kappa shape index (κ2) is 8.59. The molecule has 1 unspecified atom stereocenters. The Morgan fingerprint density at radius 1 is 1.52 bits per heavy atom. The molecule has 116 valence electrons. The number of ether oxygens (including phenoxy) is 2. The number of aromatic nitrogens is 1. The molecule has 0 aliphatic carbocycles. The molecule has 2 N–H and O–H groups in total. The number of amides is 1. The van der Waals surface area contributed by atoms with Gasteiger partial charge >= 0.3 is 0 Å². The number of nitrogens with one attached hydrogen (secondary N) is 2. The SMILES string of the molecule is COCCCNC(=O)c1cncc(NCC2CCCO2)c1. The Morgan fingerprint density at radius 3 is 3.19 bits per heavy atom. The van der Waals surface area contributed by atoms with Gasteiger partial charge in [0.1, 0.15) is 0 Å². The van der Waals surface area contributed by atoms with Crippen molar-refractivity contribution in [1.29, 1.82) is 0 Å². The lowest BCUT2D eigenvalue weighted by atomic mass is 10.2. The zero-order valence-electron chi connectivity index (χ0n) is 12.4. The Kier molecular flexibility index (Phi) is 6.43. The summed E-state index contributed by atoms with van der Waals surface area (Å²) in [7, 11) is 1.65. The number of carbonyl (C=O) groups excluding carboxylic acids is 1. The highest BCUT2D eigenvalue weighted by molar-refractivity contribution is 5.94. The molecule has 21 heavy (non-hydrogen) atoms. The van der Waals surface area contributed by atoms with Crippen molar-refractivity contribution in [2.45, 2.75) is 25.4 Å². The van der Waals surface area contributed by atoms with Gasteiger partial charge < -0.3 is 20.1 Å². The molecule has 2 rings (SSSR count). The van der Waals surface area contributed by atoms with Gasteiger partial charge in [0.25, 0.3) is 5.91 Å². The molecule has 0 radical (unpaired) electrons. The molecule has 1 aromatic heterocycles. The summed E-state index contributed by atoms with van der Waals surface area (Å²) in [6.07, 6.45) is 6.55. The average molecular weight is 293 g/mol. The normalized spacial score (nSPS) is 17.7. The molecule has 0 spiro atoms. The summed E-state index contributed by atoms with van der Waals surface area (Å²) >= 11 is 0. The third kappa shape index (κ3) is 5.32. The summed E-state index contributed by atoms with van der Waals surface area (Å²) in [6, 6.07) is 1.81. The lowest BCUT2D eigenvalue weighted by Crippen LogP contribution is -2.25. The monoisotopic (exact) mass is 293 g/mol. The lowest BCUT2D eigenvalue weighted by Gasteiger charge is -2.12. The third-order valence-corrected chi connectivity index (χ3v) is 3.37. The summed E-state index contributed by atoms with van der Waals surface area (Å²) in [4.78, 5) is 16.1. The summed E-state index contributed by atoms with van der Waals surface area (Å²) in [5.41, 5.74) is 1.40. The number of carbonyl (C=O) groups is 1. The van der Waals surface area contributed by atoms with Crippen LogP contribution in [0.15, 0.2) is 18.5 Å². The van der Waals surface area contributed by atoms with E-state index in [2.05, 4.69) is 15.6 Å². The van der Waals surface area contributed by atoms with Crippen LogP contribution in [0.2, 0.25) is 0 Å². The minimum absolute atomic E-state index is 0.112. The minimum Gasteiger partial charge on any atom is -0.385 e. The van der Waals surface area contributed by atoms with E-state index in [-0.39, 0.29) is 12.0 Å². The van der Waals surface area contributed by atoms with Gasteiger partial charge in [-0.3, -0.25) is 9.78 Å². The first-order chi connectivity index (χ1) is 10.3. The van der Waals surface area contributed by atoms with Gasteiger partial charge in [0.15, 0.2) is 0 Å². The Hall–Kier alpha value is -1.66. The molecule has 1 amide bonds. The second-order valence-electron chi connectivity index (χ2n) is 5.08. The molecular formula is C15H23N3O3. The summed E-state index contributed by atoms with van der Waals surface area (Å²) < 4.78 is 10.5. The number of hydrogen-bond acceptors (Lipinski definition) is 5. The van der Waals surface area contributed by atoms with Crippen LogP contribution in [0.3, 0.4) is 0 Å². The van der Waals surface area contributed by atoms with Crippen molar-refractivity contribution in [3.8, 4) is 0 Å². The molecule has 1 aliphatic heterocycles. The first-order valence-electron chi connectivity index (χ1n) is 7.37. The second-order valence-corrected chi connectivity index (χ2v) is 5.08. The Morgan fingerprint density at radius 2 is 2.43 bits per heavy atom. The third-order valence-electron chi connectivity index (χ3n) is 3.37. The van der Waals surface area contributed by atoms with Gasteiger partial charge in [0.05, 0.1) is 17.4 Å². The molecule has 1 aliphatic rings. The standard InChI is InChI=1S/C15H23N3O3/c1-20-6-3-5-17-15(19)12-8-13(10-16-9-12)18-11-14-4-2-7-21-14/h8-10,14,18H,2-7,11H2,1H3,(H,17,19). The first kappa shape index (κ1) is 15.7. The fourth-order valence-electron chi connectivity index (χ4n) is 2.22. The average Bonchev–Trinajstić information content (AvgIpc) is 3.03. The van der Waals surface area contributed by atoms with Crippen LogP contribution >= 0.6 is 0 Å². The molecule has 0 aromatic carbocycles. The van der Waals surface area contributed by atoms with Crippen LogP contribution in [0.25, 0.3) is 0 Å². The molecule has 0 bridgehead atoms. The van der Waals surface area contributed by atoms with Gasteiger partial charge in [-0.15, -0.1) is 0 Å². The molecule has 6 heteroatoms. The molecular weight excluding hydrogens is 270 g/mol. The van der Waals surface area contributed by atoms with E-state index in [0.29, 0.717) is 18.7 Å². The minimum atomic E-state index is -0.112. The van der Waals surface area contributed by atoms with Crippen LogP contribution < -0.4 is 10.6 Å². The fraction of sp³-hybridized carbons (Fsp3) is 0.600. The van der Waals surface area contributed by atoms with E-state index in [1.807, 2.05) is 6.07 Å². The van der Waals surface area contributed by atoms with Gasteiger partial charge in [-0.05, 0) is 25.3 Å². The zero-order valence-corrected chi connectivity index (χ0v) is 12.4. The van der Waals surface area contributed by atoms with Crippen LogP contribution in [-0.4, -0.2) is 50.4 Å². The van der Waals surface area contributed by atoms with Crippen molar-refractivity contribution in [2.75, 3.05) is 38.7 Å². The van der Waals surface area contributed by atoms with Gasteiger partial charge in [0.2, 0.25) is 0 Å². The summed E-state index contributed by atoms with van der Waals surface area (Å²) in [5.74, 6) is -0.112. The van der Waals surface area contributed by atoms with Crippen LogP contribution in [0.4, 0.5) is 5.69 Å². The number of methoxy groups -OCH3 is 1. The molecule has 6 nitrogen and oxygen atoms in total. The van der Waals surface area contributed by atoms with Crippen molar-refractivity contribution >= 4 is 11.6 Å². The highest BCUT2D eigenvalue weighted by atomic mass is 16.5. The van der Waals surface area contributed by atoms with E-state index in [1.165, 1.54) is 0 Å². The number of pyridine rings is 1. The molecule has 1 aromatic rings. The molecule has 1 fully saturated rings. The largest absolute Gasteiger partial charge is 0.385 e. The zero-order chi connectivity index (χ0) is 14.9. The van der Waals surface area contributed by atoms with E-state index in [4.69, 9.17) is 9.47 Å². The molecule has 1 saturated heterocycles. The number of anilines is 1. The van der Waals surface area contributed by atoms with Gasteiger partial charge in [-0.25, -0.2) is 0 Å². The van der Waals surface area contributed by atoms with Crippen LogP contribution in [0, 0.1) is 0 Å². The van der Waals surface area contributed by atoms with E-state index in [0.717, 1.165) is 38.1 Å². The summed E-state index contributed by atoms with van der Waals surface area (Å²) in [5, 5.41) is 6.12. The van der Waals surface area contributed by atoms with E-state index in [9.17, 15) is 4.79 Å². The lowest BCUT2D eigenvalue weighted by molar-refractivity contribution is 0.0948. The maximum atomic E-state index is 12.0. The fourth-order valence-corrected chi connectivity index (χ4v) is 2.22. The van der Waals surface area contributed by atoms with E-state index < -0.39 is 0 Å². The highest BCUT2D eigenvalue weighted by Crippen LogP contribution is 2.14. The predicted molar refractivity (Wildman–Crippen MR) is 80.5 cm³/mol. The summed E-state index contributed by atoms with van der Waals surface area (Å²) in [6.45, 7) is 2.83. The predicted octanol–water partition coefficient (Wildman–Crippen LogP) is 1.44. The smallest absolute Gasteiger partial charge is 0.252 e. The van der Waals surface area contributed by atoms with Crippen LogP contribution in [0.1, 0.15) is 29.6 Å². The van der Waals surface area contributed by atoms with Gasteiger partial charge in [-0.1, -0.05) is 0 Å². The van der Waals surface area contributed by atoms with Gasteiger partial charge in [0, 0.05) is 45.8 Å². The number of rotatable bonds is 8. The maximum Gasteiger partial charge on any atom is 0.252 e.